The zero-order valence-corrected chi connectivity index (χ0v) is 13.2. The summed E-state index contributed by atoms with van der Waals surface area (Å²) in [6, 6.07) is 7.31. The van der Waals surface area contributed by atoms with Crippen molar-refractivity contribution < 1.29 is 4.74 Å². The van der Waals surface area contributed by atoms with Crippen LogP contribution >= 0.6 is 0 Å². The second-order valence-electron chi connectivity index (χ2n) is 6.57. The molecular formula is C18H28N2O. The minimum atomic E-state index is 0.545. The van der Waals surface area contributed by atoms with E-state index in [1.165, 1.54) is 50.6 Å². The lowest BCUT2D eigenvalue weighted by atomic mass is 9.78. The highest BCUT2D eigenvalue weighted by atomic mass is 16.5. The van der Waals surface area contributed by atoms with Gasteiger partial charge in [-0.05, 0) is 55.8 Å². The summed E-state index contributed by atoms with van der Waals surface area (Å²) in [5.74, 6) is 1.86. The Bertz CT molecular complexity index is 472. The lowest BCUT2D eigenvalue weighted by molar-refractivity contribution is 0.0547. The Kier molecular flexibility index (Phi) is 4.81. The van der Waals surface area contributed by atoms with E-state index >= 15 is 0 Å². The zero-order chi connectivity index (χ0) is 14.7. The molecule has 2 fully saturated rings. The van der Waals surface area contributed by atoms with Crippen molar-refractivity contribution >= 4 is 0 Å². The number of methoxy groups -OCH3 is 1. The van der Waals surface area contributed by atoms with E-state index in [0.717, 1.165) is 29.8 Å². The fourth-order valence-corrected chi connectivity index (χ4v) is 4.25. The molecule has 1 aromatic rings. The van der Waals surface area contributed by atoms with E-state index in [-0.39, 0.29) is 0 Å². The van der Waals surface area contributed by atoms with Crippen molar-refractivity contribution in [3.63, 3.8) is 0 Å². The Morgan fingerprint density at radius 3 is 2.81 bits per heavy atom. The number of fused-ring (bicyclic) bond motifs is 1. The second-order valence-corrected chi connectivity index (χ2v) is 6.57. The number of hydrogen-bond donors (Lipinski definition) is 1. The first kappa shape index (κ1) is 14.9. The van der Waals surface area contributed by atoms with Crippen molar-refractivity contribution in [2.45, 2.75) is 57.7 Å². The van der Waals surface area contributed by atoms with Gasteiger partial charge in [-0.15, -0.1) is 0 Å². The maximum Gasteiger partial charge on any atom is 0.123 e. The van der Waals surface area contributed by atoms with Gasteiger partial charge in [-0.25, -0.2) is 0 Å². The smallest absolute Gasteiger partial charge is 0.123 e. The fourth-order valence-electron chi connectivity index (χ4n) is 4.25. The largest absolute Gasteiger partial charge is 0.496 e. The van der Waals surface area contributed by atoms with Crippen molar-refractivity contribution in [3.05, 3.63) is 29.3 Å². The van der Waals surface area contributed by atoms with Crippen LogP contribution in [-0.2, 0) is 13.1 Å². The van der Waals surface area contributed by atoms with Gasteiger partial charge in [0.25, 0.3) is 0 Å². The molecule has 0 aromatic heterocycles. The van der Waals surface area contributed by atoms with Gasteiger partial charge in [0.05, 0.1) is 7.11 Å². The summed E-state index contributed by atoms with van der Waals surface area (Å²) in [6.45, 7) is 2.87. The van der Waals surface area contributed by atoms with Crippen LogP contribution in [0.2, 0.25) is 0 Å². The molecule has 1 saturated heterocycles. The molecule has 3 heteroatoms. The van der Waals surface area contributed by atoms with Crippen LogP contribution in [0.5, 0.6) is 5.75 Å². The lowest BCUT2D eigenvalue weighted by Gasteiger charge is -2.44. The average Bonchev–Trinajstić information content (AvgIpc) is 2.55. The van der Waals surface area contributed by atoms with Gasteiger partial charge in [0.1, 0.15) is 5.75 Å². The number of ether oxygens (including phenoxy) is 1. The molecule has 0 amide bonds. The molecule has 2 unspecified atom stereocenters. The van der Waals surface area contributed by atoms with Crippen molar-refractivity contribution in [3.8, 4) is 5.75 Å². The van der Waals surface area contributed by atoms with Crippen molar-refractivity contribution in [1.29, 1.82) is 0 Å². The summed E-state index contributed by atoms with van der Waals surface area (Å²) in [5, 5.41) is 0. The highest BCUT2D eigenvalue weighted by Crippen LogP contribution is 2.36. The highest BCUT2D eigenvalue weighted by molar-refractivity contribution is 5.37. The number of nitrogens with zero attached hydrogens (tertiary/aromatic N) is 1. The molecule has 1 aliphatic heterocycles. The first-order chi connectivity index (χ1) is 10.3. The molecule has 0 radical (unpaired) electrons. The molecule has 116 valence electrons. The molecule has 21 heavy (non-hydrogen) atoms. The van der Waals surface area contributed by atoms with Gasteiger partial charge in [0.15, 0.2) is 0 Å². The lowest BCUT2D eigenvalue weighted by Crippen LogP contribution is -2.46. The molecule has 1 heterocycles. The third kappa shape index (κ3) is 3.24. The van der Waals surface area contributed by atoms with Gasteiger partial charge < -0.3 is 10.5 Å². The van der Waals surface area contributed by atoms with E-state index in [0.29, 0.717) is 6.54 Å². The van der Waals surface area contributed by atoms with Crippen molar-refractivity contribution in [1.82, 2.24) is 4.90 Å². The standard InChI is InChI=1S/C18H28N2O/c1-21-18-9-8-14(11-16(18)12-19)13-20-10-4-6-15-5-2-3-7-17(15)20/h8-9,11,15,17H,2-7,10,12-13,19H2,1H3. The van der Waals surface area contributed by atoms with Gasteiger partial charge in [-0.2, -0.15) is 0 Å². The molecule has 2 aliphatic rings. The first-order valence-electron chi connectivity index (χ1n) is 8.41. The quantitative estimate of drug-likeness (QED) is 0.924. The number of rotatable bonds is 4. The second kappa shape index (κ2) is 6.80. The predicted molar refractivity (Wildman–Crippen MR) is 86.3 cm³/mol. The first-order valence-corrected chi connectivity index (χ1v) is 8.41. The normalized spacial score (nSPS) is 26.4. The number of nitrogens with two attached hydrogens (primary N) is 1. The molecule has 2 N–H and O–H groups in total. The summed E-state index contributed by atoms with van der Waals surface area (Å²) in [6.07, 6.45) is 8.49. The molecule has 0 bridgehead atoms. The Morgan fingerprint density at radius 1 is 1.19 bits per heavy atom. The third-order valence-electron chi connectivity index (χ3n) is 5.31. The van der Waals surface area contributed by atoms with E-state index in [1.54, 1.807) is 7.11 Å². The van der Waals surface area contributed by atoms with Crippen LogP contribution in [0.25, 0.3) is 0 Å². The van der Waals surface area contributed by atoms with Gasteiger partial charge >= 0.3 is 0 Å². The van der Waals surface area contributed by atoms with Crippen LogP contribution in [0, 0.1) is 5.92 Å². The number of piperidine rings is 1. The van der Waals surface area contributed by atoms with Gasteiger partial charge in [-0.3, -0.25) is 4.90 Å². The molecule has 3 rings (SSSR count). The van der Waals surface area contributed by atoms with E-state index < -0.39 is 0 Å². The van der Waals surface area contributed by atoms with Crippen molar-refractivity contribution in [2.75, 3.05) is 13.7 Å². The summed E-state index contributed by atoms with van der Waals surface area (Å²) in [5.41, 5.74) is 8.34. The maximum absolute atomic E-state index is 5.84. The van der Waals surface area contributed by atoms with Crippen molar-refractivity contribution in [2.24, 2.45) is 11.7 Å². The molecule has 1 saturated carbocycles. The molecule has 1 aliphatic carbocycles. The zero-order valence-electron chi connectivity index (χ0n) is 13.2. The Balaban J connectivity index is 1.73. The van der Waals surface area contributed by atoms with Gasteiger partial charge in [0.2, 0.25) is 0 Å². The topological polar surface area (TPSA) is 38.5 Å². The minimum Gasteiger partial charge on any atom is -0.496 e. The van der Waals surface area contributed by atoms with Crippen LogP contribution in [-0.4, -0.2) is 24.6 Å². The molecule has 1 aromatic carbocycles. The van der Waals surface area contributed by atoms with Crippen LogP contribution < -0.4 is 10.5 Å². The fraction of sp³-hybridized carbons (Fsp3) is 0.667. The van der Waals surface area contributed by atoms with E-state index in [2.05, 4.69) is 23.1 Å². The van der Waals surface area contributed by atoms with E-state index in [4.69, 9.17) is 10.5 Å². The maximum atomic E-state index is 5.84. The predicted octanol–water partition coefficient (Wildman–Crippen LogP) is 3.31. The SMILES string of the molecule is COc1ccc(CN2CCCC3CCCCC32)cc1CN. The number of hydrogen-bond acceptors (Lipinski definition) is 3. The summed E-state index contributed by atoms with van der Waals surface area (Å²) in [4.78, 5) is 2.72. The molecule has 2 atom stereocenters. The van der Waals surface area contributed by atoms with Crippen LogP contribution in [0.3, 0.4) is 0 Å². The van der Waals surface area contributed by atoms with Crippen LogP contribution in [0.4, 0.5) is 0 Å². The average molecular weight is 288 g/mol. The Labute approximate surface area is 128 Å². The van der Waals surface area contributed by atoms with E-state index in [9.17, 15) is 0 Å². The monoisotopic (exact) mass is 288 g/mol. The summed E-state index contributed by atoms with van der Waals surface area (Å²) < 4.78 is 5.37. The van der Waals surface area contributed by atoms with Crippen LogP contribution in [0.1, 0.15) is 49.7 Å². The highest BCUT2D eigenvalue weighted by Gasteiger charge is 2.32. The molecule has 3 nitrogen and oxygen atoms in total. The molecular weight excluding hydrogens is 260 g/mol. The van der Waals surface area contributed by atoms with Gasteiger partial charge in [0, 0.05) is 24.7 Å². The third-order valence-corrected chi connectivity index (χ3v) is 5.31. The van der Waals surface area contributed by atoms with Gasteiger partial charge in [-0.1, -0.05) is 18.9 Å². The Hall–Kier alpha value is -1.06. The summed E-state index contributed by atoms with van der Waals surface area (Å²) in [7, 11) is 1.71. The molecule has 0 spiro atoms. The number of benzene rings is 1. The van der Waals surface area contributed by atoms with Crippen LogP contribution in [0.15, 0.2) is 18.2 Å². The summed E-state index contributed by atoms with van der Waals surface area (Å²) >= 11 is 0. The minimum absolute atomic E-state index is 0.545. The number of likely N-dealkylation sites (tertiary alicyclic amines) is 1. The Morgan fingerprint density at radius 2 is 2.00 bits per heavy atom. The van der Waals surface area contributed by atoms with E-state index in [1.807, 2.05) is 0 Å².